The number of aliphatic hydroxyl groups is 1. The Bertz CT molecular complexity index is 1640. The molecule has 0 fully saturated rings. The van der Waals surface area contributed by atoms with Crippen LogP contribution in [0.1, 0.15) is 0 Å². The van der Waals surface area contributed by atoms with Crippen LogP contribution < -0.4 is 25.5 Å². The molecule has 0 radical (unpaired) electrons. The number of hydrogen-bond donors (Lipinski definition) is 2. The van der Waals surface area contributed by atoms with Crippen molar-refractivity contribution in [1.29, 1.82) is 0 Å². The first-order chi connectivity index (χ1) is 18.6. The standard InChI is InChI=1S/C23H17F7N4O6/c1-33-17-19(34(10-12(35)9-24)21(37)32-20(17)36)31-18(33)11-2-7-15(16(8-11)40-23(28,29)30)38-13-3-5-14(6-4-13)39-22(25,26)27/h2-8,12,35H,9-10H2,1H3,(H,32,36,37). The minimum Gasteiger partial charge on any atom is -0.453 e. The summed E-state index contributed by atoms with van der Waals surface area (Å²) in [5, 5.41) is 9.66. The molecule has 214 valence electrons. The van der Waals surface area contributed by atoms with Crippen molar-refractivity contribution in [3.8, 4) is 34.4 Å². The summed E-state index contributed by atoms with van der Waals surface area (Å²) in [6, 6.07) is 6.99. The number of aryl methyl sites for hydroxylation is 1. The average molecular weight is 578 g/mol. The second-order valence-corrected chi connectivity index (χ2v) is 8.18. The number of imidazole rings is 1. The molecule has 2 heterocycles. The maximum Gasteiger partial charge on any atom is 0.573 e. The highest BCUT2D eigenvalue weighted by molar-refractivity contribution is 5.77. The maximum atomic E-state index is 13.2. The number of alkyl halides is 7. The van der Waals surface area contributed by atoms with Gasteiger partial charge >= 0.3 is 18.4 Å². The molecule has 10 nitrogen and oxygen atoms in total. The highest BCUT2D eigenvalue weighted by atomic mass is 19.4. The SMILES string of the molecule is Cn1c(-c2ccc(Oc3ccc(OC(F)(F)F)cc3)c(OC(F)(F)F)c2)nc2c1c(=O)[nH]c(=O)n2CC(O)CF. The van der Waals surface area contributed by atoms with Gasteiger partial charge in [0.25, 0.3) is 5.56 Å². The van der Waals surface area contributed by atoms with Crippen molar-refractivity contribution in [1.82, 2.24) is 19.1 Å². The summed E-state index contributed by atoms with van der Waals surface area (Å²) in [4.78, 5) is 30.9. The predicted molar refractivity (Wildman–Crippen MR) is 123 cm³/mol. The maximum absolute atomic E-state index is 13.2. The number of H-pyrrole nitrogens is 1. The molecule has 0 saturated carbocycles. The summed E-state index contributed by atoms with van der Waals surface area (Å²) >= 11 is 0. The van der Waals surface area contributed by atoms with Crippen LogP contribution in [0.2, 0.25) is 0 Å². The summed E-state index contributed by atoms with van der Waals surface area (Å²) < 4.78 is 105. The van der Waals surface area contributed by atoms with Gasteiger partial charge in [-0.25, -0.2) is 14.2 Å². The van der Waals surface area contributed by atoms with E-state index in [1.165, 1.54) is 17.7 Å². The number of aromatic nitrogens is 4. The largest absolute Gasteiger partial charge is 0.573 e. The highest BCUT2D eigenvalue weighted by Crippen LogP contribution is 2.39. The molecule has 1 unspecified atom stereocenters. The van der Waals surface area contributed by atoms with Crippen LogP contribution in [0.4, 0.5) is 30.7 Å². The molecule has 4 aromatic rings. The van der Waals surface area contributed by atoms with Gasteiger partial charge in [-0.05, 0) is 42.5 Å². The minimum absolute atomic E-state index is 0.0383. The van der Waals surface area contributed by atoms with Gasteiger partial charge < -0.3 is 23.9 Å². The van der Waals surface area contributed by atoms with E-state index in [1.54, 1.807) is 0 Å². The number of aliphatic hydroxyl groups excluding tert-OH is 1. The number of ether oxygens (including phenoxy) is 3. The van der Waals surface area contributed by atoms with Crippen LogP contribution in [-0.4, -0.2) is 49.7 Å². The highest BCUT2D eigenvalue weighted by Gasteiger charge is 2.33. The van der Waals surface area contributed by atoms with Crippen molar-refractivity contribution >= 4 is 11.2 Å². The van der Waals surface area contributed by atoms with Crippen molar-refractivity contribution < 1.29 is 50.1 Å². The summed E-state index contributed by atoms with van der Waals surface area (Å²) in [7, 11) is 1.33. The summed E-state index contributed by atoms with van der Waals surface area (Å²) in [5.74, 6) is -2.20. The van der Waals surface area contributed by atoms with Gasteiger partial charge in [-0.2, -0.15) is 0 Å². The Kier molecular flexibility index (Phi) is 7.51. The molecule has 0 bridgehead atoms. The molecule has 0 aliphatic rings. The lowest BCUT2D eigenvalue weighted by Gasteiger charge is -2.15. The van der Waals surface area contributed by atoms with Crippen molar-refractivity contribution in [3.05, 3.63) is 63.3 Å². The van der Waals surface area contributed by atoms with E-state index >= 15 is 0 Å². The third-order valence-corrected chi connectivity index (χ3v) is 5.30. The van der Waals surface area contributed by atoms with E-state index in [4.69, 9.17) is 4.74 Å². The van der Waals surface area contributed by atoms with Crippen LogP contribution in [0.25, 0.3) is 22.6 Å². The zero-order valence-corrected chi connectivity index (χ0v) is 20.0. The molecule has 0 amide bonds. The number of rotatable bonds is 8. The fraction of sp³-hybridized carbons (Fsp3) is 0.261. The Hall–Kier alpha value is -4.54. The summed E-state index contributed by atoms with van der Waals surface area (Å²) in [5.41, 5.74) is -2.38. The number of halogens is 7. The molecule has 2 N–H and O–H groups in total. The van der Waals surface area contributed by atoms with E-state index in [-0.39, 0.29) is 28.3 Å². The van der Waals surface area contributed by atoms with Crippen molar-refractivity contribution in [3.63, 3.8) is 0 Å². The number of hydrogen-bond acceptors (Lipinski definition) is 7. The van der Waals surface area contributed by atoms with Crippen LogP contribution in [0.3, 0.4) is 0 Å². The summed E-state index contributed by atoms with van der Waals surface area (Å²) in [6.45, 7) is -1.77. The van der Waals surface area contributed by atoms with Gasteiger partial charge in [-0.3, -0.25) is 14.3 Å². The molecule has 1 atom stereocenters. The second-order valence-electron chi connectivity index (χ2n) is 8.18. The van der Waals surface area contributed by atoms with Crippen LogP contribution in [0, 0.1) is 0 Å². The average Bonchev–Trinajstić information content (AvgIpc) is 3.19. The lowest BCUT2D eigenvalue weighted by Crippen LogP contribution is -2.34. The first-order valence-electron chi connectivity index (χ1n) is 11.0. The van der Waals surface area contributed by atoms with Crippen LogP contribution in [0.5, 0.6) is 23.0 Å². The Morgan fingerprint density at radius 3 is 2.17 bits per heavy atom. The molecule has 0 spiro atoms. The summed E-state index contributed by atoms with van der Waals surface area (Å²) in [6.07, 6.45) is -11.7. The van der Waals surface area contributed by atoms with E-state index in [9.17, 15) is 45.4 Å². The van der Waals surface area contributed by atoms with E-state index in [2.05, 4.69) is 14.5 Å². The fourth-order valence-electron chi connectivity index (χ4n) is 3.71. The van der Waals surface area contributed by atoms with E-state index < -0.39 is 60.5 Å². The zero-order valence-electron chi connectivity index (χ0n) is 20.0. The molecule has 0 aliphatic carbocycles. The lowest BCUT2D eigenvalue weighted by atomic mass is 10.2. The first kappa shape index (κ1) is 28.5. The molecule has 0 aliphatic heterocycles. The molecule has 4 rings (SSSR count). The van der Waals surface area contributed by atoms with Gasteiger partial charge in [-0.15, -0.1) is 26.3 Å². The van der Waals surface area contributed by atoms with Gasteiger partial charge in [0, 0.05) is 12.6 Å². The minimum atomic E-state index is -5.19. The number of aromatic amines is 1. The van der Waals surface area contributed by atoms with Crippen molar-refractivity contribution in [2.75, 3.05) is 6.67 Å². The Labute approximate surface area is 217 Å². The van der Waals surface area contributed by atoms with Crippen LogP contribution >= 0.6 is 0 Å². The van der Waals surface area contributed by atoms with Crippen molar-refractivity contribution in [2.45, 2.75) is 25.4 Å². The molecule has 17 heteroatoms. The predicted octanol–water partition coefficient (Wildman–Crippen LogP) is 4.01. The Morgan fingerprint density at radius 2 is 1.57 bits per heavy atom. The van der Waals surface area contributed by atoms with Crippen LogP contribution in [0.15, 0.2) is 52.1 Å². The monoisotopic (exact) mass is 578 g/mol. The third-order valence-electron chi connectivity index (χ3n) is 5.30. The topological polar surface area (TPSA) is 121 Å². The van der Waals surface area contributed by atoms with E-state index in [1.807, 2.05) is 4.98 Å². The smallest absolute Gasteiger partial charge is 0.453 e. The number of nitrogens with one attached hydrogen (secondary N) is 1. The molecule has 40 heavy (non-hydrogen) atoms. The normalized spacial score (nSPS) is 12.9. The third kappa shape index (κ3) is 6.36. The Balaban J connectivity index is 1.76. The fourth-order valence-corrected chi connectivity index (χ4v) is 3.71. The molecule has 0 saturated heterocycles. The number of benzene rings is 2. The number of fused-ring (bicyclic) bond motifs is 1. The van der Waals surface area contributed by atoms with E-state index in [0.29, 0.717) is 0 Å². The lowest BCUT2D eigenvalue weighted by molar-refractivity contribution is -0.275. The quantitative estimate of drug-likeness (QED) is 0.303. The van der Waals surface area contributed by atoms with Gasteiger partial charge in [0.2, 0.25) is 0 Å². The molecular formula is C23H17F7N4O6. The van der Waals surface area contributed by atoms with Crippen LogP contribution in [-0.2, 0) is 13.6 Å². The van der Waals surface area contributed by atoms with Crippen molar-refractivity contribution in [2.24, 2.45) is 7.05 Å². The molecule has 2 aromatic heterocycles. The van der Waals surface area contributed by atoms with E-state index in [0.717, 1.165) is 41.0 Å². The second kappa shape index (κ2) is 10.6. The van der Waals surface area contributed by atoms with Gasteiger partial charge in [0.05, 0.1) is 6.54 Å². The zero-order chi connectivity index (χ0) is 29.4. The molecular weight excluding hydrogens is 561 g/mol. The first-order valence-corrected chi connectivity index (χ1v) is 11.0. The Morgan fingerprint density at radius 1 is 0.950 bits per heavy atom. The van der Waals surface area contributed by atoms with Gasteiger partial charge in [0.15, 0.2) is 22.7 Å². The van der Waals surface area contributed by atoms with Gasteiger partial charge in [0.1, 0.15) is 30.1 Å². The molecule has 2 aromatic carbocycles. The number of nitrogens with zero attached hydrogens (tertiary/aromatic N) is 3. The van der Waals surface area contributed by atoms with Gasteiger partial charge in [-0.1, -0.05) is 0 Å².